The maximum absolute atomic E-state index is 13.4. The fraction of sp³-hybridized carbons (Fsp3) is 0.333. The van der Waals surface area contributed by atoms with Crippen molar-refractivity contribution in [1.29, 1.82) is 0 Å². The van der Waals surface area contributed by atoms with Gasteiger partial charge in [0.1, 0.15) is 22.1 Å². The normalized spacial score (nSPS) is 16.3. The first-order valence-electron chi connectivity index (χ1n) is 13.1. The Hall–Kier alpha value is -4.18. The Morgan fingerprint density at radius 2 is 1.60 bits per heavy atom. The lowest BCUT2D eigenvalue weighted by Crippen LogP contribution is -2.29. The number of esters is 1. The topological polar surface area (TPSA) is 115 Å². The number of carbonyl (C=O) groups is 3. The standard InChI is InChI=1S/C30H32N2O7S/c1-5-7-17-39-22-14-10-20(11-15-22)25(33)23-24(19-8-12-21(13-9-19)38-16-6-2)32(28(35)26(23)34)30-31-18(3)27(40-30)29(36)37-4/h8-15,24,33H,5-7,16-17H2,1-4H3/t24-/m0/s1. The average Bonchev–Trinajstić information content (AvgIpc) is 3.48. The number of rotatable bonds is 11. The van der Waals surface area contributed by atoms with E-state index in [2.05, 4.69) is 11.9 Å². The van der Waals surface area contributed by atoms with Crippen LogP contribution in [0.25, 0.3) is 5.76 Å². The molecule has 3 aromatic rings. The molecule has 1 amide bonds. The van der Waals surface area contributed by atoms with Crippen LogP contribution in [0.1, 0.15) is 65.6 Å². The molecule has 1 aliphatic rings. The summed E-state index contributed by atoms with van der Waals surface area (Å²) < 4.78 is 16.2. The lowest BCUT2D eigenvalue weighted by atomic mass is 9.95. The van der Waals surface area contributed by atoms with Crippen LogP contribution in [-0.2, 0) is 14.3 Å². The Bertz CT molecular complexity index is 1410. The van der Waals surface area contributed by atoms with E-state index in [1.807, 2.05) is 6.92 Å². The van der Waals surface area contributed by atoms with Crippen molar-refractivity contribution in [2.45, 2.75) is 46.1 Å². The smallest absolute Gasteiger partial charge is 0.350 e. The zero-order valence-corrected chi connectivity index (χ0v) is 23.7. The molecule has 0 spiro atoms. The van der Waals surface area contributed by atoms with E-state index in [0.717, 1.165) is 30.6 Å². The zero-order valence-electron chi connectivity index (χ0n) is 22.9. The number of methoxy groups -OCH3 is 1. The van der Waals surface area contributed by atoms with E-state index in [-0.39, 0.29) is 21.3 Å². The molecule has 0 bridgehead atoms. The molecule has 1 aromatic heterocycles. The van der Waals surface area contributed by atoms with Crippen molar-refractivity contribution in [3.05, 3.63) is 75.8 Å². The van der Waals surface area contributed by atoms with Crippen LogP contribution < -0.4 is 14.4 Å². The molecule has 0 unspecified atom stereocenters. The molecular weight excluding hydrogens is 532 g/mol. The van der Waals surface area contributed by atoms with Gasteiger partial charge in [0, 0.05) is 5.56 Å². The molecule has 1 saturated heterocycles. The Morgan fingerprint density at radius 3 is 2.20 bits per heavy atom. The molecule has 2 heterocycles. The summed E-state index contributed by atoms with van der Waals surface area (Å²) in [6, 6.07) is 12.7. The summed E-state index contributed by atoms with van der Waals surface area (Å²) in [5.41, 5.74) is 1.21. The number of hydrogen-bond donors (Lipinski definition) is 1. The van der Waals surface area contributed by atoms with Gasteiger partial charge < -0.3 is 19.3 Å². The molecule has 1 fully saturated rings. The third-order valence-corrected chi connectivity index (χ3v) is 7.51. The summed E-state index contributed by atoms with van der Waals surface area (Å²) in [6.45, 7) is 6.83. The molecule has 2 aromatic carbocycles. The van der Waals surface area contributed by atoms with Crippen LogP contribution in [0.15, 0.2) is 54.1 Å². The largest absolute Gasteiger partial charge is 0.507 e. The number of carbonyl (C=O) groups excluding carboxylic acids is 3. The van der Waals surface area contributed by atoms with Crippen molar-refractivity contribution in [2.24, 2.45) is 0 Å². The van der Waals surface area contributed by atoms with E-state index < -0.39 is 23.7 Å². The van der Waals surface area contributed by atoms with Crippen LogP contribution in [0, 0.1) is 6.92 Å². The number of aliphatic hydroxyl groups is 1. The first-order valence-corrected chi connectivity index (χ1v) is 13.9. The highest BCUT2D eigenvalue weighted by Gasteiger charge is 2.48. The molecule has 0 radical (unpaired) electrons. The van der Waals surface area contributed by atoms with E-state index in [1.54, 1.807) is 55.5 Å². The molecule has 0 saturated carbocycles. The van der Waals surface area contributed by atoms with Crippen LogP contribution in [0.3, 0.4) is 0 Å². The molecule has 10 heteroatoms. The first kappa shape index (κ1) is 28.8. The van der Waals surface area contributed by atoms with Gasteiger partial charge in [0.25, 0.3) is 5.78 Å². The molecule has 4 rings (SSSR count). The second-order valence-electron chi connectivity index (χ2n) is 9.22. The summed E-state index contributed by atoms with van der Waals surface area (Å²) in [5.74, 6) is -1.35. The molecular formula is C30H32N2O7S. The fourth-order valence-corrected chi connectivity index (χ4v) is 5.29. The van der Waals surface area contributed by atoms with Crippen molar-refractivity contribution in [2.75, 3.05) is 25.2 Å². The molecule has 210 valence electrons. The second kappa shape index (κ2) is 12.8. The molecule has 40 heavy (non-hydrogen) atoms. The minimum atomic E-state index is -0.989. The number of amides is 1. The number of nitrogens with zero attached hydrogens (tertiary/aromatic N) is 2. The maximum Gasteiger partial charge on any atom is 0.350 e. The van der Waals surface area contributed by atoms with E-state index >= 15 is 0 Å². The number of Topliss-reactive ketones (excluding diaryl/α,β-unsaturated/α-hetero) is 1. The number of aromatic nitrogens is 1. The fourth-order valence-electron chi connectivity index (χ4n) is 4.28. The Balaban J connectivity index is 1.80. The molecule has 9 nitrogen and oxygen atoms in total. The first-order chi connectivity index (χ1) is 19.3. The molecule has 1 aliphatic heterocycles. The summed E-state index contributed by atoms with van der Waals surface area (Å²) in [7, 11) is 1.26. The number of unbranched alkanes of at least 4 members (excludes halogenated alkanes) is 1. The van der Waals surface area contributed by atoms with Crippen molar-refractivity contribution in [3.8, 4) is 11.5 Å². The minimum absolute atomic E-state index is 0.0839. The van der Waals surface area contributed by atoms with Gasteiger partial charge in [0.05, 0.1) is 37.6 Å². The number of ketones is 1. The number of benzene rings is 2. The lowest BCUT2D eigenvalue weighted by Gasteiger charge is -2.23. The SMILES string of the molecule is CCCCOc1ccc(C(O)=C2C(=O)C(=O)N(c3nc(C)c(C(=O)OC)s3)[C@H]2c2ccc(OCCC)cc2)cc1. The molecule has 1 N–H and O–H groups in total. The van der Waals surface area contributed by atoms with Gasteiger partial charge in [0.15, 0.2) is 5.13 Å². The quantitative estimate of drug-likeness (QED) is 0.102. The number of aliphatic hydroxyl groups excluding tert-OH is 1. The summed E-state index contributed by atoms with van der Waals surface area (Å²) in [6.07, 6.45) is 2.77. The number of thiazole rings is 1. The van der Waals surface area contributed by atoms with Crippen molar-refractivity contribution in [3.63, 3.8) is 0 Å². The van der Waals surface area contributed by atoms with Gasteiger partial charge in [-0.3, -0.25) is 14.5 Å². The number of ether oxygens (including phenoxy) is 3. The van der Waals surface area contributed by atoms with Crippen LogP contribution >= 0.6 is 11.3 Å². The summed E-state index contributed by atoms with van der Waals surface area (Å²) in [5, 5.41) is 11.5. The molecule has 1 atom stereocenters. The van der Waals surface area contributed by atoms with Gasteiger partial charge >= 0.3 is 11.9 Å². The van der Waals surface area contributed by atoms with Crippen LogP contribution in [0.2, 0.25) is 0 Å². The third-order valence-electron chi connectivity index (χ3n) is 6.37. The van der Waals surface area contributed by atoms with Crippen molar-refractivity contribution >= 4 is 39.9 Å². The van der Waals surface area contributed by atoms with E-state index in [1.165, 1.54) is 12.0 Å². The zero-order chi connectivity index (χ0) is 28.8. The highest BCUT2D eigenvalue weighted by Crippen LogP contribution is 2.44. The van der Waals surface area contributed by atoms with Gasteiger partial charge in [-0.05, 0) is 61.7 Å². The third kappa shape index (κ3) is 5.86. The Kier molecular flexibility index (Phi) is 9.21. The number of aryl methyl sites for hydroxylation is 1. The maximum atomic E-state index is 13.4. The van der Waals surface area contributed by atoms with E-state index in [9.17, 15) is 19.5 Å². The van der Waals surface area contributed by atoms with E-state index in [0.29, 0.717) is 41.5 Å². The van der Waals surface area contributed by atoms with Gasteiger partial charge in [-0.2, -0.15) is 0 Å². The minimum Gasteiger partial charge on any atom is -0.507 e. The predicted octanol–water partition coefficient (Wildman–Crippen LogP) is 5.83. The Morgan fingerprint density at radius 1 is 0.975 bits per heavy atom. The van der Waals surface area contributed by atoms with Crippen molar-refractivity contribution < 1.29 is 33.7 Å². The summed E-state index contributed by atoms with van der Waals surface area (Å²) >= 11 is 0.951. The number of hydrogen-bond acceptors (Lipinski definition) is 9. The van der Waals surface area contributed by atoms with Crippen molar-refractivity contribution in [1.82, 2.24) is 4.98 Å². The highest BCUT2D eigenvalue weighted by molar-refractivity contribution is 7.17. The van der Waals surface area contributed by atoms with Gasteiger partial charge in [0.2, 0.25) is 0 Å². The van der Waals surface area contributed by atoms with Gasteiger partial charge in [-0.25, -0.2) is 9.78 Å². The second-order valence-corrected chi connectivity index (χ2v) is 10.2. The number of anilines is 1. The monoisotopic (exact) mass is 564 g/mol. The van der Waals surface area contributed by atoms with Gasteiger partial charge in [-0.1, -0.05) is 43.7 Å². The average molecular weight is 565 g/mol. The Labute approximate surface area is 237 Å². The van der Waals surface area contributed by atoms with Crippen LogP contribution in [-0.4, -0.2) is 48.1 Å². The predicted molar refractivity (Wildman–Crippen MR) is 152 cm³/mol. The lowest BCUT2D eigenvalue weighted by molar-refractivity contribution is -0.132. The highest BCUT2D eigenvalue weighted by atomic mass is 32.1. The van der Waals surface area contributed by atoms with Gasteiger partial charge in [-0.15, -0.1) is 0 Å². The molecule has 0 aliphatic carbocycles. The van der Waals surface area contributed by atoms with E-state index in [4.69, 9.17) is 14.2 Å². The summed E-state index contributed by atoms with van der Waals surface area (Å²) in [4.78, 5) is 45.0. The van der Waals surface area contributed by atoms with Crippen LogP contribution in [0.5, 0.6) is 11.5 Å². The van der Waals surface area contributed by atoms with Crippen LogP contribution in [0.4, 0.5) is 5.13 Å².